The van der Waals surface area contributed by atoms with Crippen LogP contribution in [0.4, 0.5) is 13.2 Å². The molecule has 1 rings (SSSR count). The molecule has 1 unspecified atom stereocenters. The molecule has 0 aromatic heterocycles. The second kappa shape index (κ2) is 8.39. The van der Waals surface area contributed by atoms with Crippen molar-refractivity contribution in [1.29, 1.82) is 0 Å². The maximum absolute atomic E-state index is 12.6. The van der Waals surface area contributed by atoms with E-state index in [4.69, 9.17) is 4.74 Å². The van der Waals surface area contributed by atoms with Gasteiger partial charge in [-0.05, 0) is 45.4 Å². The van der Waals surface area contributed by atoms with Gasteiger partial charge in [0.1, 0.15) is 5.75 Å². The minimum absolute atomic E-state index is 0.224. The number of hydrogen-bond donors (Lipinski definition) is 1. The van der Waals surface area contributed by atoms with Gasteiger partial charge in [0.2, 0.25) is 0 Å². The van der Waals surface area contributed by atoms with E-state index in [1.165, 1.54) is 12.1 Å². The highest BCUT2D eigenvalue weighted by Gasteiger charge is 2.30. The Morgan fingerprint density at radius 1 is 1.23 bits per heavy atom. The van der Waals surface area contributed by atoms with Crippen LogP contribution in [-0.2, 0) is 6.18 Å². The number of hydrogen-bond acceptors (Lipinski definition) is 3. The standard InChI is InChI=1S/C16H24F3NO2/c1-12(2)20(11-13(3)21)8-5-9-22-15-7-4-6-14(10-15)16(17,18)19/h4,6-7,10,12-13,21H,5,8-9,11H2,1-3H3. The molecule has 22 heavy (non-hydrogen) atoms. The first-order chi connectivity index (χ1) is 10.2. The van der Waals surface area contributed by atoms with Crippen LogP contribution >= 0.6 is 0 Å². The summed E-state index contributed by atoms with van der Waals surface area (Å²) in [7, 11) is 0. The van der Waals surface area contributed by atoms with E-state index in [2.05, 4.69) is 4.90 Å². The Balaban J connectivity index is 2.44. The van der Waals surface area contributed by atoms with Gasteiger partial charge in [-0.15, -0.1) is 0 Å². The normalized spacial score (nSPS) is 13.7. The minimum Gasteiger partial charge on any atom is -0.494 e. The molecule has 0 heterocycles. The van der Waals surface area contributed by atoms with Crippen LogP contribution in [0.25, 0.3) is 0 Å². The highest BCUT2D eigenvalue weighted by Crippen LogP contribution is 2.31. The summed E-state index contributed by atoms with van der Waals surface area (Å²) in [6, 6.07) is 5.19. The Morgan fingerprint density at radius 3 is 2.45 bits per heavy atom. The predicted octanol–water partition coefficient (Wildman–Crippen LogP) is 3.57. The summed E-state index contributed by atoms with van der Waals surface area (Å²) >= 11 is 0. The van der Waals surface area contributed by atoms with Gasteiger partial charge in [0.25, 0.3) is 0 Å². The number of alkyl halides is 3. The van der Waals surface area contributed by atoms with Crippen molar-refractivity contribution in [1.82, 2.24) is 4.90 Å². The Kier molecular flexibility index (Phi) is 7.16. The van der Waals surface area contributed by atoms with E-state index >= 15 is 0 Å². The zero-order chi connectivity index (χ0) is 16.8. The van der Waals surface area contributed by atoms with Gasteiger partial charge < -0.3 is 9.84 Å². The molecule has 0 radical (unpaired) electrons. The third-order valence-corrected chi connectivity index (χ3v) is 3.25. The Bertz CT molecular complexity index is 447. The van der Waals surface area contributed by atoms with Gasteiger partial charge in [0.15, 0.2) is 0 Å². The van der Waals surface area contributed by atoms with Crippen LogP contribution in [0.5, 0.6) is 5.75 Å². The first kappa shape index (κ1) is 18.8. The van der Waals surface area contributed by atoms with Gasteiger partial charge in [-0.3, -0.25) is 4.90 Å². The minimum atomic E-state index is -4.36. The van der Waals surface area contributed by atoms with Crippen LogP contribution in [-0.4, -0.2) is 41.8 Å². The van der Waals surface area contributed by atoms with E-state index in [1.807, 2.05) is 13.8 Å². The third kappa shape index (κ3) is 6.66. The van der Waals surface area contributed by atoms with Gasteiger partial charge in [-0.2, -0.15) is 13.2 Å². The van der Waals surface area contributed by atoms with Gasteiger partial charge in [0.05, 0.1) is 18.3 Å². The summed E-state index contributed by atoms with van der Waals surface area (Å²) in [6.45, 7) is 7.44. The van der Waals surface area contributed by atoms with Crippen molar-refractivity contribution in [2.24, 2.45) is 0 Å². The maximum atomic E-state index is 12.6. The van der Waals surface area contributed by atoms with Crippen LogP contribution in [0, 0.1) is 0 Å². The number of rotatable bonds is 8. The molecule has 1 aromatic rings. The van der Waals surface area contributed by atoms with Gasteiger partial charge in [-0.1, -0.05) is 6.07 Å². The highest BCUT2D eigenvalue weighted by atomic mass is 19.4. The fraction of sp³-hybridized carbons (Fsp3) is 0.625. The molecule has 126 valence electrons. The average Bonchev–Trinajstić information content (AvgIpc) is 2.41. The molecular formula is C16H24F3NO2. The summed E-state index contributed by atoms with van der Waals surface area (Å²) in [6.07, 6.45) is -4.08. The second-order valence-electron chi connectivity index (χ2n) is 5.67. The number of nitrogens with zero attached hydrogens (tertiary/aromatic N) is 1. The molecule has 1 atom stereocenters. The molecule has 0 aliphatic carbocycles. The molecule has 1 N–H and O–H groups in total. The number of benzene rings is 1. The Hall–Kier alpha value is -1.27. The first-order valence-corrected chi connectivity index (χ1v) is 7.42. The monoisotopic (exact) mass is 319 g/mol. The first-order valence-electron chi connectivity index (χ1n) is 7.42. The fourth-order valence-electron chi connectivity index (χ4n) is 2.12. The predicted molar refractivity (Wildman–Crippen MR) is 79.9 cm³/mol. The van der Waals surface area contributed by atoms with Crippen LogP contribution in [0.1, 0.15) is 32.8 Å². The molecule has 0 saturated heterocycles. The topological polar surface area (TPSA) is 32.7 Å². The van der Waals surface area contributed by atoms with Crippen LogP contribution in [0.2, 0.25) is 0 Å². The molecule has 0 spiro atoms. The molecule has 0 aliphatic heterocycles. The second-order valence-corrected chi connectivity index (χ2v) is 5.67. The highest BCUT2D eigenvalue weighted by molar-refractivity contribution is 5.30. The van der Waals surface area contributed by atoms with E-state index in [1.54, 1.807) is 6.92 Å². The van der Waals surface area contributed by atoms with Gasteiger partial charge in [-0.25, -0.2) is 0 Å². The van der Waals surface area contributed by atoms with E-state index in [0.717, 1.165) is 18.7 Å². The van der Waals surface area contributed by atoms with Crippen molar-refractivity contribution in [3.63, 3.8) is 0 Å². The molecule has 1 aromatic carbocycles. The lowest BCUT2D eigenvalue weighted by Gasteiger charge is -2.27. The zero-order valence-corrected chi connectivity index (χ0v) is 13.2. The van der Waals surface area contributed by atoms with E-state index in [-0.39, 0.29) is 5.75 Å². The van der Waals surface area contributed by atoms with Crippen molar-refractivity contribution < 1.29 is 23.0 Å². The van der Waals surface area contributed by atoms with Crippen LogP contribution in [0.3, 0.4) is 0 Å². The lowest BCUT2D eigenvalue weighted by molar-refractivity contribution is -0.137. The van der Waals surface area contributed by atoms with Crippen molar-refractivity contribution in [3.8, 4) is 5.75 Å². The van der Waals surface area contributed by atoms with E-state index in [9.17, 15) is 18.3 Å². The summed E-state index contributed by atoms with van der Waals surface area (Å²) < 4.78 is 43.1. The number of aliphatic hydroxyl groups is 1. The van der Waals surface area contributed by atoms with Crippen molar-refractivity contribution in [3.05, 3.63) is 29.8 Å². The molecule has 0 amide bonds. The number of ether oxygens (including phenoxy) is 1. The van der Waals surface area contributed by atoms with E-state index in [0.29, 0.717) is 25.6 Å². The molecule has 0 saturated carbocycles. The van der Waals surface area contributed by atoms with E-state index < -0.39 is 17.8 Å². The van der Waals surface area contributed by atoms with Crippen molar-refractivity contribution in [2.75, 3.05) is 19.7 Å². The van der Waals surface area contributed by atoms with Crippen molar-refractivity contribution in [2.45, 2.75) is 45.5 Å². The molecule has 0 fully saturated rings. The maximum Gasteiger partial charge on any atom is 0.416 e. The SMILES string of the molecule is CC(O)CN(CCCOc1cccc(C(F)(F)F)c1)C(C)C. The summed E-state index contributed by atoms with van der Waals surface area (Å²) in [5.41, 5.74) is -0.706. The molecule has 0 bridgehead atoms. The fourth-order valence-corrected chi connectivity index (χ4v) is 2.12. The van der Waals surface area contributed by atoms with Gasteiger partial charge >= 0.3 is 6.18 Å². The molecule has 0 aliphatic rings. The van der Waals surface area contributed by atoms with Crippen LogP contribution < -0.4 is 4.74 Å². The van der Waals surface area contributed by atoms with Gasteiger partial charge in [0, 0.05) is 19.1 Å². The largest absolute Gasteiger partial charge is 0.494 e. The smallest absolute Gasteiger partial charge is 0.416 e. The number of aliphatic hydroxyl groups excluding tert-OH is 1. The zero-order valence-electron chi connectivity index (χ0n) is 13.2. The molecular weight excluding hydrogens is 295 g/mol. The summed E-state index contributed by atoms with van der Waals surface area (Å²) in [4.78, 5) is 2.11. The molecule has 3 nitrogen and oxygen atoms in total. The molecule has 6 heteroatoms. The summed E-state index contributed by atoms with van der Waals surface area (Å²) in [5, 5.41) is 9.43. The lowest BCUT2D eigenvalue weighted by Crippen LogP contribution is -2.37. The Morgan fingerprint density at radius 2 is 1.91 bits per heavy atom. The number of halogens is 3. The Labute approximate surface area is 129 Å². The quantitative estimate of drug-likeness (QED) is 0.744. The summed E-state index contributed by atoms with van der Waals surface area (Å²) in [5.74, 6) is 0.224. The third-order valence-electron chi connectivity index (χ3n) is 3.25. The lowest BCUT2D eigenvalue weighted by atomic mass is 10.2. The van der Waals surface area contributed by atoms with Crippen LogP contribution in [0.15, 0.2) is 24.3 Å². The van der Waals surface area contributed by atoms with Crippen molar-refractivity contribution >= 4 is 0 Å². The average molecular weight is 319 g/mol.